The molecule has 0 saturated carbocycles. The van der Waals surface area contributed by atoms with Crippen molar-refractivity contribution in [3.63, 3.8) is 0 Å². The van der Waals surface area contributed by atoms with Gasteiger partial charge in [-0.2, -0.15) is 0 Å². The van der Waals surface area contributed by atoms with Gasteiger partial charge >= 0.3 is 5.97 Å². The number of rotatable bonds is 18. The lowest BCUT2D eigenvalue weighted by atomic mass is 10.1. The van der Waals surface area contributed by atoms with Crippen LogP contribution in [-0.2, 0) is 9.53 Å². The molecule has 164 valence electrons. The lowest BCUT2D eigenvalue weighted by molar-refractivity contribution is -0.147. The predicted molar refractivity (Wildman–Crippen MR) is 122 cm³/mol. The highest BCUT2D eigenvalue weighted by molar-refractivity contribution is 5.69. The van der Waals surface area contributed by atoms with Gasteiger partial charge in [0.15, 0.2) is 0 Å². The molecular weight excluding hydrogens is 364 g/mol. The maximum atomic E-state index is 11.4. The third-order valence-corrected chi connectivity index (χ3v) is 4.06. The van der Waals surface area contributed by atoms with Gasteiger partial charge in [0.2, 0.25) is 0 Å². The lowest BCUT2D eigenvalue weighted by Gasteiger charge is -2.08. The first-order chi connectivity index (χ1) is 14.2. The summed E-state index contributed by atoms with van der Waals surface area (Å²) in [5, 5.41) is 17.7. The van der Waals surface area contributed by atoms with Crippen LogP contribution < -0.4 is 0 Å². The number of carbonyl (C=O) groups is 1. The monoisotopic (exact) mass is 404 g/mol. The number of allylic oxidation sites excluding steroid dienone is 10. The van der Waals surface area contributed by atoms with E-state index < -0.39 is 6.10 Å². The normalized spacial score (nSPS) is 13.6. The highest BCUT2D eigenvalue weighted by Crippen LogP contribution is 2.05. The van der Waals surface area contributed by atoms with Crippen LogP contribution in [0.15, 0.2) is 60.8 Å². The molecule has 0 fully saturated rings. The molecule has 0 aromatic carbocycles. The zero-order valence-electron chi connectivity index (χ0n) is 18.0. The molecule has 0 aliphatic rings. The Kier molecular flexibility index (Phi) is 20.9. The van der Waals surface area contributed by atoms with Gasteiger partial charge in [-0.1, -0.05) is 74.1 Å². The summed E-state index contributed by atoms with van der Waals surface area (Å²) < 4.78 is 4.85. The van der Waals surface area contributed by atoms with Crippen molar-refractivity contribution in [2.24, 2.45) is 0 Å². The van der Waals surface area contributed by atoms with Crippen LogP contribution >= 0.6 is 0 Å². The Balaban J connectivity index is 3.47. The van der Waals surface area contributed by atoms with Crippen LogP contribution in [0.3, 0.4) is 0 Å². The Labute approximate surface area is 177 Å². The molecule has 0 heterocycles. The molecule has 0 aliphatic carbocycles. The van der Waals surface area contributed by atoms with Crippen LogP contribution in [0.1, 0.15) is 71.1 Å². The molecular formula is C25H40O4. The first-order valence-corrected chi connectivity index (χ1v) is 10.9. The van der Waals surface area contributed by atoms with Crippen molar-refractivity contribution in [3.8, 4) is 0 Å². The van der Waals surface area contributed by atoms with Crippen LogP contribution in [0.25, 0.3) is 0 Å². The fourth-order valence-electron chi connectivity index (χ4n) is 2.39. The summed E-state index contributed by atoms with van der Waals surface area (Å²) >= 11 is 0. The van der Waals surface area contributed by atoms with Gasteiger partial charge in [0, 0.05) is 6.42 Å². The summed E-state index contributed by atoms with van der Waals surface area (Å²) in [6, 6.07) is 0. The quantitative estimate of drug-likeness (QED) is 0.178. The van der Waals surface area contributed by atoms with Crippen LogP contribution in [0.2, 0.25) is 0 Å². The van der Waals surface area contributed by atoms with Gasteiger partial charge < -0.3 is 14.9 Å². The standard InChI is InChI=1S/C25H40O4/c1-2-3-4-5-6-7-8-9-10-11-12-13-14-15-16-17-18-19-20-21-25(28)29-23-24(27)22-26/h3-4,6-7,9-10,12-13,15-16,24,26-27H,2,5,8,11,14,17-23H2,1H3/b4-3-,7-6-,10-9-,13-12-,16-15-/t24-/m0/s1. The minimum Gasteiger partial charge on any atom is -0.463 e. The zero-order chi connectivity index (χ0) is 21.4. The SMILES string of the molecule is CC/C=C\C/C=C\C/C=C\C/C=C\C/C=C\CCCCCC(=O)OC[C@@H](O)CO. The highest BCUT2D eigenvalue weighted by Gasteiger charge is 2.07. The molecule has 0 radical (unpaired) electrons. The first kappa shape index (κ1) is 27.1. The molecule has 0 amide bonds. The molecule has 29 heavy (non-hydrogen) atoms. The van der Waals surface area contributed by atoms with E-state index in [1.54, 1.807) is 0 Å². The van der Waals surface area contributed by atoms with E-state index in [4.69, 9.17) is 14.9 Å². The number of aliphatic hydroxyl groups is 2. The number of carbonyl (C=O) groups excluding carboxylic acids is 1. The van der Waals surface area contributed by atoms with E-state index >= 15 is 0 Å². The van der Waals surface area contributed by atoms with E-state index in [0.717, 1.165) is 57.8 Å². The van der Waals surface area contributed by atoms with Crippen LogP contribution in [0, 0.1) is 0 Å². The molecule has 1 atom stereocenters. The van der Waals surface area contributed by atoms with Crippen molar-refractivity contribution < 1.29 is 19.7 Å². The first-order valence-electron chi connectivity index (χ1n) is 10.9. The van der Waals surface area contributed by atoms with Gasteiger partial charge in [-0.15, -0.1) is 0 Å². The largest absolute Gasteiger partial charge is 0.463 e. The lowest BCUT2D eigenvalue weighted by Crippen LogP contribution is -2.21. The minimum atomic E-state index is -0.978. The number of hydrogen-bond acceptors (Lipinski definition) is 4. The molecule has 4 heteroatoms. The molecule has 0 rings (SSSR count). The molecule has 0 bridgehead atoms. The summed E-state index contributed by atoms with van der Waals surface area (Å²) in [5.41, 5.74) is 0. The van der Waals surface area contributed by atoms with E-state index in [-0.39, 0.29) is 19.2 Å². The average Bonchev–Trinajstić information content (AvgIpc) is 2.73. The smallest absolute Gasteiger partial charge is 0.305 e. The molecule has 0 unspecified atom stereocenters. The van der Waals surface area contributed by atoms with Crippen molar-refractivity contribution in [1.82, 2.24) is 0 Å². The third-order valence-electron chi connectivity index (χ3n) is 4.06. The number of esters is 1. The van der Waals surface area contributed by atoms with Gasteiger partial charge in [-0.3, -0.25) is 4.79 Å². The molecule has 0 aromatic heterocycles. The number of hydrogen-bond donors (Lipinski definition) is 2. The van der Waals surface area contributed by atoms with Crippen LogP contribution in [0.4, 0.5) is 0 Å². The average molecular weight is 405 g/mol. The maximum absolute atomic E-state index is 11.4. The van der Waals surface area contributed by atoms with E-state index in [1.807, 2.05) is 0 Å². The third kappa shape index (κ3) is 22.2. The van der Waals surface area contributed by atoms with Gasteiger partial charge in [0.1, 0.15) is 12.7 Å². The van der Waals surface area contributed by atoms with Crippen LogP contribution in [-0.4, -0.2) is 35.5 Å². The summed E-state index contributed by atoms with van der Waals surface area (Å²) in [6.45, 7) is 1.63. The van der Waals surface area contributed by atoms with E-state index in [9.17, 15) is 4.79 Å². The van der Waals surface area contributed by atoms with Crippen molar-refractivity contribution >= 4 is 5.97 Å². The van der Waals surface area contributed by atoms with E-state index in [2.05, 4.69) is 67.7 Å². The van der Waals surface area contributed by atoms with Gasteiger partial charge in [-0.05, 0) is 51.4 Å². The number of unbranched alkanes of at least 4 members (excludes halogenated alkanes) is 3. The zero-order valence-corrected chi connectivity index (χ0v) is 18.0. The summed E-state index contributed by atoms with van der Waals surface area (Å²) in [5.74, 6) is -0.313. The Hall–Kier alpha value is -1.91. The van der Waals surface area contributed by atoms with Gasteiger partial charge in [-0.25, -0.2) is 0 Å². The molecule has 0 saturated heterocycles. The molecule has 0 aliphatic heterocycles. The van der Waals surface area contributed by atoms with E-state index in [0.29, 0.717) is 6.42 Å². The Morgan fingerprint density at radius 2 is 1.31 bits per heavy atom. The molecule has 2 N–H and O–H groups in total. The Morgan fingerprint density at radius 1 is 0.793 bits per heavy atom. The summed E-state index contributed by atoms with van der Waals surface area (Å²) in [4.78, 5) is 11.4. The number of aliphatic hydroxyl groups excluding tert-OH is 2. The van der Waals surface area contributed by atoms with Gasteiger partial charge in [0.05, 0.1) is 6.61 Å². The van der Waals surface area contributed by atoms with Gasteiger partial charge in [0.25, 0.3) is 0 Å². The second-order valence-corrected chi connectivity index (χ2v) is 6.83. The van der Waals surface area contributed by atoms with Crippen molar-refractivity contribution in [1.29, 1.82) is 0 Å². The predicted octanol–water partition coefficient (Wildman–Crippen LogP) is 5.58. The maximum Gasteiger partial charge on any atom is 0.305 e. The molecule has 0 spiro atoms. The van der Waals surface area contributed by atoms with Crippen molar-refractivity contribution in [2.75, 3.05) is 13.2 Å². The van der Waals surface area contributed by atoms with Crippen molar-refractivity contribution in [3.05, 3.63) is 60.8 Å². The topological polar surface area (TPSA) is 66.8 Å². The fourth-order valence-corrected chi connectivity index (χ4v) is 2.39. The Bertz CT molecular complexity index is 515. The second-order valence-electron chi connectivity index (χ2n) is 6.83. The van der Waals surface area contributed by atoms with Crippen molar-refractivity contribution in [2.45, 2.75) is 77.2 Å². The Morgan fingerprint density at radius 3 is 1.83 bits per heavy atom. The minimum absolute atomic E-state index is 0.130. The van der Waals surface area contributed by atoms with E-state index in [1.165, 1.54) is 0 Å². The summed E-state index contributed by atoms with van der Waals surface area (Å²) in [6.07, 6.45) is 30.2. The molecule has 0 aromatic rings. The molecule has 4 nitrogen and oxygen atoms in total. The summed E-state index contributed by atoms with van der Waals surface area (Å²) in [7, 11) is 0. The number of ether oxygens (including phenoxy) is 1. The highest BCUT2D eigenvalue weighted by atomic mass is 16.5. The van der Waals surface area contributed by atoms with Crippen LogP contribution in [0.5, 0.6) is 0 Å². The fraction of sp³-hybridized carbons (Fsp3) is 0.560. The second kappa shape index (κ2) is 22.4.